The second-order valence-corrected chi connectivity index (χ2v) is 6.19. The lowest BCUT2D eigenvalue weighted by Crippen LogP contribution is -2.25. The van der Waals surface area contributed by atoms with E-state index in [0.717, 1.165) is 5.56 Å². The zero-order valence-corrected chi connectivity index (χ0v) is 15.2. The normalized spacial score (nSPS) is 10.5. The van der Waals surface area contributed by atoms with Crippen molar-refractivity contribution in [3.05, 3.63) is 82.9 Å². The number of ether oxygens (including phenoxy) is 1. The lowest BCUT2D eigenvalue weighted by molar-refractivity contribution is -0.112. The number of carbonyl (C=O) groups excluding carboxylic acids is 2. The fourth-order valence-corrected chi connectivity index (χ4v) is 2.85. The highest BCUT2D eigenvalue weighted by molar-refractivity contribution is 6.46. The average Bonchev–Trinajstić information content (AvgIpc) is 3.11. The van der Waals surface area contributed by atoms with Gasteiger partial charge >= 0.3 is 0 Å². The van der Waals surface area contributed by atoms with Crippen LogP contribution in [0.3, 0.4) is 0 Å². The van der Waals surface area contributed by atoms with Gasteiger partial charge in [-0.15, -0.1) is 0 Å². The first-order valence-electron chi connectivity index (χ1n) is 8.06. The van der Waals surface area contributed by atoms with Gasteiger partial charge in [0, 0.05) is 18.4 Å². The van der Waals surface area contributed by atoms with Crippen LogP contribution in [0.15, 0.2) is 60.8 Å². The highest BCUT2D eigenvalue weighted by Gasteiger charge is 2.20. The Kier molecular flexibility index (Phi) is 5.57. The number of anilines is 1. The molecule has 27 heavy (non-hydrogen) atoms. The van der Waals surface area contributed by atoms with E-state index in [0.29, 0.717) is 23.0 Å². The molecule has 0 saturated carbocycles. The van der Waals surface area contributed by atoms with Gasteiger partial charge in [-0.1, -0.05) is 23.7 Å². The summed E-state index contributed by atoms with van der Waals surface area (Å²) >= 11 is 6.03. The van der Waals surface area contributed by atoms with Crippen molar-refractivity contribution in [2.75, 3.05) is 12.4 Å². The molecule has 7 heteroatoms. The smallest absolute Gasteiger partial charge is 0.298 e. The molecule has 0 radical (unpaired) electrons. The Morgan fingerprint density at radius 3 is 2.56 bits per heavy atom. The number of methoxy groups -OCH3 is 1. The number of hydrogen-bond donors (Lipinski definition) is 1. The lowest BCUT2D eigenvalue weighted by atomic mass is 10.2. The molecule has 0 unspecified atom stereocenters. The van der Waals surface area contributed by atoms with E-state index in [4.69, 9.17) is 16.3 Å². The first-order valence-corrected chi connectivity index (χ1v) is 8.44. The molecule has 3 rings (SSSR count). The number of carbonyl (C=O) groups is 2. The predicted molar refractivity (Wildman–Crippen MR) is 101 cm³/mol. The van der Waals surface area contributed by atoms with E-state index in [2.05, 4.69) is 5.32 Å². The van der Waals surface area contributed by atoms with Gasteiger partial charge in [-0.3, -0.25) is 9.59 Å². The Balaban J connectivity index is 1.74. The second-order valence-electron chi connectivity index (χ2n) is 5.78. The third-order valence-corrected chi connectivity index (χ3v) is 4.24. The molecule has 1 aromatic heterocycles. The number of halogens is 2. The molecule has 1 N–H and O–H groups in total. The number of Topliss-reactive ketones (excluding diaryl/α,β-unsaturated/α-hetero) is 1. The number of ketones is 1. The SMILES string of the molecule is COc1ccc(NC(=O)C(=O)c2cccn2Cc2ccc(F)cc2)cc1Cl. The number of nitrogens with one attached hydrogen (secondary N) is 1. The minimum absolute atomic E-state index is 0.233. The molecule has 0 fully saturated rings. The number of amides is 1. The Hall–Kier alpha value is -3.12. The summed E-state index contributed by atoms with van der Waals surface area (Å²) in [4.78, 5) is 24.9. The van der Waals surface area contributed by atoms with Crippen LogP contribution < -0.4 is 10.1 Å². The molecule has 0 atom stereocenters. The summed E-state index contributed by atoms with van der Waals surface area (Å²) < 4.78 is 19.7. The number of nitrogens with zero attached hydrogens (tertiary/aromatic N) is 1. The molecule has 2 aromatic carbocycles. The van der Waals surface area contributed by atoms with Crippen molar-refractivity contribution in [1.29, 1.82) is 0 Å². The largest absolute Gasteiger partial charge is 0.495 e. The van der Waals surface area contributed by atoms with E-state index in [-0.39, 0.29) is 11.5 Å². The minimum Gasteiger partial charge on any atom is -0.495 e. The fourth-order valence-electron chi connectivity index (χ4n) is 2.59. The fraction of sp³-hybridized carbons (Fsp3) is 0.100. The van der Waals surface area contributed by atoms with Crippen LogP contribution in [-0.2, 0) is 11.3 Å². The van der Waals surface area contributed by atoms with E-state index in [9.17, 15) is 14.0 Å². The van der Waals surface area contributed by atoms with Gasteiger partial charge in [0.1, 0.15) is 11.6 Å². The van der Waals surface area contributed by atoms with Gasteiger partial charge in [0.15, 0.2) is 0 Å². The van der Waals surface area contributed by atoms with Crippen molar-refractivity contribution in [2.24, 2.45) is 0 Å². The molecule has 3 aromatic rings. The average molecular weight is 387 g/mol. The van der Waals surface area contributed by atoms with Crippen molar-refractivity contribution in [2.45, 2.75) is 6.54 Å². The van der Waals surface area contributed by atoms with Gasteiger partial charge in [-0.05, 0) is 48.0 Å². The Labute approximate surface area is 160 Å². The van der Waals surface area contributed by atoms with Crippen molar-refractivity contribution in [3.63, 3.8) is 0 Å². The van der Waals surface area contributed by atoms with Crippen LogP contribution in [0.4, 0.5) is 10.1 Å². The summed E-state index contributed by atoms with van der Waals surface area (Å²) in [5.74, 6) is -1.33. The molecular formula is C20H16ClFN2O3. The summed E-state index contributed by atoms with van der Waals surface area (Å²) in [7, 11) is 1.48. The molecule has 0 bridgehead atoms. The van der Waals surface area contributed by atoms with E-state index in [1.165, 1.54) is 25.3 Å². The number of aromatic nitrogens is 1. The van der Waals surface area contributed by atoms with Crippen LogP contribution in [0.25, 0.3) is 0 Å². The summed E-state index contributed by atoms with van der Waals surface area (Å²) in [5, 5.41) is 2.85. The Morgan fingerprint density at radius 2 is 1.89 bits per heavy atom. The van der Waals surface area contributed by atoms with E-state index < -0.39 is 11.7 Å². The van der Waals surface area contributed by atoms with Gasteiger partial charge in [-0.25, -0.2) is 4.39 Å². The second kappa shape index (κ2) is 8.05. The van der Waals surface area contributed by atoms with Crippen molar-refractivity contribution >= 4 is 29.0 Å². The molecule has 0 aliphatic rings. The van der Waals surface area contributed by atoms with Crippen LogP contribution in [0.2, 0.25) is 5.02 Å². The van der Waals surface area contributed by atoms with E-state index >= 15 is 0 Å². The van der Waals surface area contributed by atoms with Crippen LogP contribution in [0.5, 0.6) is 5.75 Å². The van der Waals surface area contributed by atoms with Gasteiger partial charge in [0.05, 0.1) is 17.8 Å². The maximum Gasteiger partial charge on any atom is 0.298 e. The molecule has 1 amide bonds. The van der Waals surface area contributed by atoms with Crippen molar-refractivity contribution in [3.8, 4) is 5.75 Å². The number of hydrogen-bond acceptors (Lipinski definition) is 3. The van der Waals surface area contributed by atoms with E-state index in [1.807, 2.05) is 0 Å². The first kappa shape index (κ1) is 18.7. The number of benzene rings is 2. The molecule has 0 spiro atoms. The quantitative estimate of drug-likeness (QED) is 0.511. The zero-order valence-electron chi connectivity index (χ0n) is 14.4. The van der Waals surface area contributed by atoms with Gasteiger partial charge in [-0.2, -0.15) is 0 Å². The molecule has 0 aliphatic carbocycles. The van der Waals surface area contributed by atoms with Crippen molar-refractivity contribution in [1.82, 2.24) is 4.57 Å². The molecule has 0 aliphatic heterocycles. The van der Waals surface area contributed by atoms with Crippen LogP contribution in [-0.4, -0.2) is 23.4 Å². The third-order valence-electron chi connectivity index (χ3n) is 3.94. The maximum absolute atomic E-state index is 13.0. The minimum atomic E-state index is -0.782. The summed E-state index contributed by atoms with van der Waals surface area (Å²) in [6.07, 6.45) is 1.69. The molecule has 0 saturated heterocycles. The third kappa shape index (κ3) is 4.35. The zero-order chi connectivity index (χ0) is 19.4. The molecule has 5 nitrogen and oxygen atoms in total. The topological polar surface area (TPSA) is 60.3 Å². The van der Waals surface area contributed by atoms with Gasteiger partial charge < -0.3 is 14.6 Å². The van der Waals surface area contributed by atoms with Crippen LogP contribution >= 0.6 is 11.6 Å². The monoisotopic (exact) mass is 386 g/mol. The Morgan fingerprint density at radius 1 is 1.15 bits per heavy atom. The molecule has 1 heterocycles. The van der Waals surface area contributed by atoms with Gasteiger partial charge in [0.2, 0.25) is 0 Å². The standard InChI is InChI=1S/C20H16ClFN2O3/c1-27-18-9-8-15(11-16(18)21)23-20(26)19(25)17-3-2-10-24(17)12-13-4-6-14(22)7-5-13/h2-11H,12H2,1H3,(H,23,26). The van der Waals surface area contributed by atoms with Crippen LogP contribution in [0, 0.1) is 5.82 Å². The van der Waals surface area contributed by atoms with E-state index in [1.54, 1.807) is 47.2 Å². The highest BCUT2D eigenvalue weighted by Crippen LogP contribution is 2.27. The molecular weight excluding hydrogens is 371 g/mol. The first-order chi connectivity index (χ1) is 13.0. The summed E-state index contributed by atoms with van der Waals surface area (Å²) in [6.45, 7) is 0.343. The number of rotatable bonds is 6. The molecule has 138 valence electrons. The van der Waals surface area contributed by atoms with Crippen LogP contribution in [0.1, 0.15) is 16.1 Å². The van der Waals surface area contributed by atoms with Gasteiger partial charge in [0.25, 0.3) is 11.7 Å². The predicted octanol–water partition coefficient (Wildman–Crippen LogP) is 4.16. The Bertz CT molecular complexity index is 983. The van der Waals surface area contributed by atoms with Crippen molar-refractivity contribution < 1.29 is 18.7 Å². The highest BCUT2D eigenvalue weighted by atomic mass is 35.5. The maximum atomic E-state index is 13.0. The summed E-state index contributed by atoms with van der Waals surface area (Å²) in [5.41, 5.74) is 1.43. The summed E-state index contributed by atoms with van der Waals surface area (Å²) in [6, 6.07) is 13.9. The lowest BCUT2D eigenvalue weighted by Gasteiger charge is -2.10.